The molecule has 132 valence electrons. The fourth-order valence-corrected chi connectivity index (χ4v) is 4.38. The van der Waals surface area contributed by atoms with Crippen LogP contribution in [0.3, 0.4) is 0 Å². The molecule has 0 fully saturated rings. The number of fused-ring (bicyclic) bond motifs is 2. The highest BCUT2D eigenvalue weighted by Gasteiger charge is 2.27. The molecule has 0 radical (unpaired) electrons. The predicted molar refractivity (Wildman–Crippen MR) is 113 cm³/mol. The van der Waals surface area contributed by atoms with Crippen molar-refractivity contribution in [2.75, 3.05) is 32.1 Å². The third-order valence-corrected chi connectivity index (χ3v) is 6.18. The summed E-state index contributed by atoms with van der Waals surface area (Å²) in [5, 5.41) is 3.09. The predicted octanol–water partition coefficient (Wildman–Crippen LogP) is 4.52. The Labute approximate surface area is 160 Å². The quantitative estimate of drug-likeness (QED) is 0.776. The number of nitrogens with zero attached hydrogens (tertiary/aromatic N) is 2. The summed E-state index contributed by atoms with van der Waals surface area (Å²) in [6.07, 6.45) is 0. The highest BCUT2D eigenvalue weighted by Crippen LogP contribution is 2.49. The van der Waals surface area contributed by atoms with Crippen LogP contribution in [0.1, 0.15) is 19.4 Å². The lowest BCUT2D eigenvalue weighted by molar-refractivity contribution is 0.332. The van der Waals surface area contributed by atoms with E-state index in [2.05, 4.69) is 78.5 Å². The highest BCUT2D eigenvalue weighted by atomic mass is 32.2. The lowest BCUT2D eigenvalue weighted by atomic mass is 10.1. The van der Waals surface area contributed by atoms with Crippen LogP contribution in [0.5, 0.6) is 0 Å². The van der Waals surface area contributed by atoms with E-state index in [9.17, 15) is 0 Å². The summed E-state index contributed by atoms with van der Waals surface area (Å²) >= 11 is 7.29. The minimum Gasteiger partial charge on any atom is -0.379 e. The number of benzene rings is 2. The minimum absolute atomic E-state index is 0.365. The van der Waals surface area contributed by atoms with Gasteiger partial charge in [0, 0.05) is 35.0 Å². The molecule has 0 aromatic heterocycles. The van der Waals surface area contributed by atoms with Gasteiger partial charge in [0.05, 0.1) is 11.4 Å². The highest BCUT2D eigenvalue weighted by molar-refractivity contribution is 7.99. The van der Waals surface area contributed by atoms with Gasteiger partial charge in [-0.25, -0.2) is 0 Å². The molecule has 0 amide bonds. The molecule has 1 atom stereocenters. The molecule has 3 rings (SSSR count). The molecular weight excluding hydrogens is 346 g/mol. The summed E-state index contributed by atoms with van der Waals surface area (Å²) < 4.78 is 0. The fourth-order valence-electron chi connectivity index (χ4n) is 3.20. The van der Waals surface area contributed by atoms with Gasteiger partial charge in [-0.1, -0.05) is 49.1 Å². The van der Waals surface area contributed by atoms with Crippen molar-refractivity contribution < 1.29 is 0 Å². The van der Waals surface area contributed by atoms with Crippen LogP contribution in [0.25, 0.3) is 0 Å². The molecule has 1 aliphatic heterocycles. The van der Waals surface area contributed by atoms with E-state index in [1.807, 2.05) is 18.8 Å². The first-order valence-corrected chi connectivity index (χ1v) is 9.88. The molecule has 3 nitrogen and oxygen atoms in total. The number of hydrogen-bond acceptors (Lipinski definition) is 4. The lowest BCUT2D eigenvalue weighted by Gasteiger charge is -2.39. The summed E-state index contributed by atoms with van der Waals surface area (Å²) in [6.45, 7) is 6.55. The number of likely N-dealkylation sites (N-methyl/N-ethyl adjacent to an activating group) is 1. The van der Waals surface area contributed by atoms with Crippen LogP contribution in [0.15, 0.2) is 52.3 Å². The maximum absolute atomic E-state index is 5.45. The Morgan fingerprint density at radius 3 is 2.64 bits per heavy atom. The second-order valence-corrected chi connectivity index (χ2v) is 7.90. The third kappa shape index (κ3) is 3.68. The molecule has 1 heterocycles. The van der Waals surface area contributed by atoms with Gasteiger partial charge in [-0.15, -0.1) is 0 Å². The standard InChI is InChI=1S/C20H25N3S2/c1-5-22(4)13-14(2)23-16-8-6-7-9-18(16)25-19-11-10-15(12-17(19)23)20(24)21-3/h6-12,14H,5,13H2,1-4H3,(H,21,24)/t14-/m1/s1. The summed E-state index contributed by atoms with van der Waals surface area (Å²) in [5.41, 5.74) is 3.60. The van der Waals surface area contributed by atoms with Crippen LogP contribution in [0.2, 0.25) is 0 Å². The topological polar surface area (TPSA) is 18.5 Å². The third-order valence-electron chi connectivity index (χ3n) is 4.61. The lowest BCUT2D eigenvalue weighted by Crippen LogP contribution is -2.39. The van der Waals surface area contributed by atoms with Gasteiger partial charge in [0.2, 0.25) is 0 Å². The Morgan fingerprint density at radius 2 is 1.92 bits per heavy atom. The SMILES string of the molecule is CCN(C)C[C@@H](C)N1c2ccccc2Sc2ccc(C(=S)NC)cc21. The van der Waals surface area contributed by atoms with Crippen molar-refractivity contribution in [2.45, 2.75) is 29.7 Å². The molecule has 0 aliphatic carbocycles. The Morgan fingerprint density at radius 1 is 1.20 bits per heavy atom. The van der Waals surface area contributed by atoms with Crippen LogP contribution in [0.4, 0.5) is 11.4 Å². The van der Waals surface area contributed by atoms with Crippen molar-refractivity contribution in [3.05, 3.63) is 48.0 Å². The number of rotatable bonds is 5. The number of anilines is 2. The van der Waals surface area contributed by atoms with Gasteiger partial charge in [-0.2, -0.15) is 0 Å². The van der Waals surface area contributed by atoms with Crippen molar-refractivity contribution in [1.82, 2.24) is 10.2 Å². The monoisotopic (exact) mass is 371 g/mol. The first-order valence-electron chi connectivity index (χ1n) is 8.66. The molecule has 0 unspecified atom stereocenters. The van der Waals surface area contributed by atoms with Crippen molar-refractivity contribution >= 4 is 40.3 Å². The smallest absolute Gasteiger partial charge is 0.106 e. The maximum Gasteiger partial charge on any atom is 0.106 e. The summed E-state index contributed by atoms with van der Waals surface area (Å²) in [5.74, 6) is 0. The molecule has 2 aromatic rings. The first-order chi connectivity index (χ1) is 12.0. The van der Waals surface area contributed by atoms with E-state index >= 15 is 0 Å². The summed E-state index contributed by atoms with van der Waals surface area (Å²) in [6, 6.07) is 15.6. The van der Waals surface area contributed by atoms with Gasteiger partial charge in [0.25, 0.3) is 0 Å². The van der Waals surface area contributed by atoms with Gasteiger partial charge in [0.15, 0.2) is 0 Å². The maximum atomic E-state index is 5.45. The normalized spacial score (nSPS) is 14.0. The molecule has 0 bridgehead atoms. The Bertz CT molecular complexity index is 775. The molecule has 0 saturated carbocycles. The van der Waals surface area contributed by atoms with E-state index in [4.69, 9.17) is 12.2 Å². The second-order valence-electron chi connectivity index (χ2n) is 6.41. The first kappa shape index (κ1) is 18.2. The molecule has 1 aliphatic rings. The largest absolute Gasteiger partial charge is 0.379 e. The molecule has 5 heteroatoms. The summed E-state index contributed by atoms with van der Waals surface area (Å²) in [4.78, 5) is 8.20. The van der Waals surface area contributed by atoms with Gasteiger partial charge < -0.3 is 15.1 Å². The van der Waals surface area contributed by atoms with E-state index < -0.39 is 0 Å². The zero-order valence-corrected chi connectivity index (χ0v) is 16.9. The Balaban J connectivity index is 2.07. The average molecular weight is 372 g/mol. The molecular formula is C20H25N3S2. The van der Waals surface area contributed by atoms with Gasteiger partial charge in [-0.3, -0.25) is 0 Å². The van der Waals surface area contributed by atoms with Crippen LogP contribution in [-0.4, -0.2) is 43.1 Å². The number of para-hydroxylation sites is 1. The van der Waals surface area contributed by atoms with Gasteiger partial charge in [-0.05, 0) is 44.8 Å². The van der Waals surface area contributed by atoms with Crippen LogP contribution >= 0.6 is 24.0 Å². The molecule has 25 heavy (non-hydrogen) atoms. The van der Waals surface area contributed by atoms with E-state index in [1.54, 1.807) is 0 Å². The van der Waals surface area contributed by atoms with E-state index in [0.717, 1.165) is 23.6 Å². The fraction of sp³-hybridized carbons (Fsp3) is 0.350. The summed E-state index contributed by atoms with van der Waals surface area (Å²) in [7, 11) is 4.05. The zero-order valence-electron chi connectivity index (χ0n) is 15.2. The Kier molecular flexibility index (Phi) is 5.67. The second kappa shape index (κ2) is 7.77. The van der Waals surface area contributed by atoms with E-state index in [-0.39, 0.29) is 0 Å². The molecule has 0 spiro atoms. The van der Waals surface area contributed by atoms with E-state index in [0.29, 0.717) is 6.04 Å². The van der Waals surface area contributed by atoms with Crippen molar-refractivity contribution in [3.63, 3.8) is 0 Å². The van der Waals surface area contributed by atoms with Crippen LogP contribution < -0.4 is 10.2 Å². The van der Waals surface area contributed by atoms with Crippen molar-refractivity contribution in [3.8, 4) is 0 Å². The zero-order chi connectivity index (χ0) is 18.0. The van der Waals surface area contributed by atoms with Crippen LogP contribution in [0, 0.1) is 0 Å². The van der Waals surface area contributed by atoms with Crippen molar-refractivity contribution in [2.24, 2.45) is 0 Å². The average Bonchev–Trinajstić information content (AvgIpc) is 2.64. The number of nitrogens with one attached hydrogen (secondary N) is 1. The van der Waals surface area contributed by atoms with Crippen molar-refractivity contribution in [1.29, 1.82) is 0 Å². The van der Waals surface area contributed by atoms with Crippen LogP contribution in [-0.2, 0) is 0 Å². The molecule has 2 aromatic carbocycles. The number of hydrogen-bond donors (Lipinski definition) is 1. The van der Waals surface area contributed by atoms with Gasteiger partial charge >= 0.3 is 0 Å². The Hall–Kier alpha value is -1.56. The molecule has 1 N–H and O–H groups in total. The van der Waals surface area contributed by atoms with E-state index in [1.165, 1.54) is 21.2 Å². The minimum atomic E-state index is 0.365. The van der Waals surface area contributed by atoms with Gasteiger partial charge in [0.1, 0.15) is 4.99 Å². The number of thiocarbonyl (C=S) groups is 1. The molecule has 0 saturated heterocycles.